The lowest BCUT2D eigenvalue weighted by atomic mass is 9.93. The van der Waals surface area contributed by atoms with Crippen molar-refractivity contribution in [2.24, 2.45) is 0 Å². The molecule has 0 N–H and O–H groups in total. The molecule has 0 nitrogen and oxygen atoms in total. The molecule has 0 amide bonds. The third-order valence-electron chi connectivity index (χ3n) is 3.30. The molecule has 0 saturated heterocycles. The van der Waals surface area contributed by atoms with Crippen molar-refractivity contribution in [1.82, 2.24) is 0 Å². The predicted octanol–water partition coefficient (Wildman–Crippen LogP) is 6.77. The fourth-order valence-electron chi connectivity index (χ4n) is 1.62. The van der Waals surface area contributed by atoms with Crippen LogP contribution in [0, 0.1) is 0 Å². The first-order valence-electron chi connectivity index (χ1n) is 7.78. The van der Waals surface area contributed by atoms with E-state index in [4.69, 9.17) is 0 Å². The van der Waals surface area contributed by atoms with Crippen LogP contribution in [0.4, 0.5) is 0 Å². The quantitative estimate of drug-likeness (QED) is 0.553. The molecule has 0 aliphatic heterocycles. The van der Waals surface area contributed by atoms with Crippen LogP contribution in [0.2, 0.25) is 0 Å². The maximum Gasteiger partial charge on any atom is -0.0193 e. The molecule has 18 heavy (non-hydrogen) atoms. The number of rotatable bonds is 4. The van der Waals surface area contributed by atoms with Crippen molar-refractivity contribution in [3.63, 3.8) is 0 Å². The third kappa shape index (κ3) is 6.83. The van der Waals surface area contributed by atoms with Gasteiger partial charge in [-0.2, -0.15) is 0 Å². The zero-order valence-corrected chi connectivity index (χ0v) is 13.9. The summed E-state index contributed by atoms with van der Waals surface area (Å²) in [5.41, 5.74) is 2.94. The van der Waals surface area contributed by atoms with Gasteiger partial charge in [0.1, 0.15) is 0 Å². The van der Waals surface area contributed by atoms with Gasteiger partial charge in [0.25, 0.3) is 0 Å². The minimum atomic E-state index is 0.695. The summed E-state index contributed by atoms with van der Waals surface area (Å²) in [4.78, 5) is 0. The highest BCUT2D eigenvalue weighted by atomic mass is 14.1. The van der Waals surface area contributed by atoms with E-state index in [1.807, 2.05) is 27.7 Å². The molecule has 2 unspecified atom stereocenters. The summed E-state index contributed by atoms with van der Waals surface area (Å²) in [5.74, 6) is 1.39. The first-order valence-corrected chi connectivity index (χ1v) is 7.78. The normalized spacial score (nSPS) is 12.4. The van der Waals surface area contributed by atoms with Crippen LogP contribution >= 0.6 is 0 Å². The first kappa shape index (κ1) is 19.6. The summed E-state index contributed by atoms with van der Waals surface area (Å²) in [6.07, 6.45) is 2.45. The molecule has 1 aromatic rings. The molecule has 0 aliphatic carbocycles. The van der Waals surface area contributed by atoms with Crippen LogP contribution in [0.1, 0.15) is 91.2 Å². The van der Waals surface area contributed by atoms with Gasteiger partial charge in [-0.05, 0) is 35.8 Å². The van der Waals surface area contributed by atoms with Gasteiger partial charge < -0.3 is 0 Å². The second-order valence-electron chi connectivity index (χ2n) is 4.29. The van der Waals surface area contributed by atoms with E-state index in [0.29, 0.717) is 11.8 Å². The molecule has 0 bridgehead atoms. The Morgan fingerprint density at radius 1 is 0.667 bits per heavy atom. The molecule has 0 fully saturated rings. The summed E-state index contributed by atoms with van der Waals surface area (Å²) < 4.78 is 0. The minimum Gasteiger partial charge on any atom is -0.0683 e. The molecule has 0 saturated carbocycles. The first-order chi connectivity index (χ1) is 8.69. The number of benzene rings is 1. The van der Waals surface area contributed by atoms with Crippen molar-refractivity contribution >= 4 is 0 Å². The van der Waals surface area contributed by atoms with E-state index in [1.54, 1.807) is 0 Å². The lowest BCUT2D eigenvalue weighted by Gasteiger charge is -2.12. The van der Waals surface area contributed by atoms with Crippen molar-refractivity contribution in [3.05, 3.63) is 35.4 Å². The molecule has 0 radical (unpaired) electrons. The molecule has 0 heteroatoms. The van der Waals surface area contributed by atoms with Gasteiger partial charge in [-0.3, -0.25) is 0 Å². The largest absolute Gasteiger partial charge is 0.0683 e. The SMILES string of the molecule is CC.CC.CCC(C)c1ccc(C(C)CC)cc1. The Bertz CT molecular complexity index is 229. The molecular weight excluding hydrogens is 216 g/mol. The van der Waals surface area contributed by atoms with Gasteiger partial charge in [-0.1, -0.05) is 79.7 Å². The van der Waals surface area contributed by atoms with Gasteiger partial charge in [0.05, 0.1) is 0 Å². The Morgan fingerprint density at radius 2 is 0.889 bits per heavy atom. The third-order valence-corrected chi connectivity index (χ3v) is 3.30. The van der Waals surface area contributed by atoms with Crippen molar-refractivity contribution in [2.45, 2.75) is 80.1 Å². The van der Waals surface area contributed by atoms with Crippen LogP contribution in [-0.2, 0) is 0 Å². The maximum absolute atomic E-state index is 2.29. The minimum absolute atomic E-state index is 0.695. The second kappa shape index (κ2) is 12.7. The average Bonchev–Trinajstić information content (AvgIpc) is 2.49. The maximum atomic E-state index is 2.29. The highest BCUT2D eigenvalue weighted by Gasteiger charge is 2.05. The lowest BCUT2D eigenvalue weighted by Crippen LogP contribution is -1.94. The highest BCUT2D eigenvalue weighted by molar-refractivity contribution is 5.26. The van der Waals surface area contributed by atoms with Gasteiger partial charge in [0, 0.05) is 0 Å². The van der Waals surface area contributed by atoms with Crippen LogP contribution < -0.4 is 0 Å². The van der Waals surface area contributed by atoms with E-state index in [2.05, 4.69) is 52.0 Å². The van der Waals surface area contributed by atoms with Crippen LogP contribution in [-0.4, -0.2) is 0 Å². The molecule has 0 aromatic heterocycles. The predicted molar refractivity (Wildman–Crippen MR) is 86.6 cm³/mol. The fourth-order valence-corrected chi connectivity index (χ4v) is 1.62. The summed E-state index contributed by atoms with van der Waals surface area (Å²) in [5, 5.41) is 0. The van der Waals surface area contributed by atoms with Gasteiger partial charge >= 0.3 is 0 Å². The second-order valence-corrected chi connectivity index (χ2v) is 4.29. The molecule has 1 aromatic carbocycles. The van der Waals surface area contributed by atoms with E-state index in [1.165, 1.54) is 24.0 Å². The van der Waals surface area contributed by atoms with E-state index < -0.39 is 0 Å². The van der Waals surface area contributed by atoms with Crippen molar-refractivity contribution in [2.75, 3.05) is 0 Å². The van der Waals surface area contributed by atoms with E-state index in [9.17, 15) is 0 Å². The Morgan fingerprint density at radius 3 is 1.06 bits per heavy atom. The highest BCUT2D eigenvalue weighted by Crippen LogP contribution is 2.23. The molecule has 0 aliphatic rings. The summed E-state index contributed by atoms with van der Waals surface area (Å²) in [6.45, 7) is 17.1. The Labute approximate surface area is 116 Å². The van der Waals surface area contributed by atoms with Gasteiger partial charge in [0.15, 0.2) is 0 Å². The average molecular weight is 250 g/mol. The summed E-state index contributed by atoms with van der Waals surface area (Å²) in [7, 11) is 0. The van der Waals surface area contributed by atoms with E-state index >= 15 is 0 Å². The zero-order chi connectivity index (χ0) is 14.6. The van der Waals surface area contributed by atoms with Crippen molar-refractivity contribution < 1.29 is 0 Å². The van der Waals surface area contributed by atoms with Crippen molar-refractivity contribution in [3.8, 4) is 0 Å². The standard InChI is InChI=1S/C14H22.2C2H6/c1-5-11(3)13-7-9-14(10-8-13)12(4)6-2;2*1-2/h7-12H,5-6H2,1-4H3;2*1-2H3. The van der Waals surface area contributed by atoms with Crippen LogP contribution in [0.25, 0.3) is 0 Å². The van der Waals surface area contributed by atoms with Crippen LogP contribution in [0.5, 0.6) is 0 Å². The van der Waals surface area contributed by atoms with Crippen molar-refractivity contribution in [1.29, 1.82) is 0 Å². The van der Waals surface area contributed by atoms with Gasteiger partial charge in [0.2, 0.25) is 0 Å². The number of hydrogen-bond donors (Lipinski definition) is 0. The monoisotopic (exact) mass is 250 g/mol. The van der Waals surface area contributed by atoms with Gasteiger partial charge in [-0.25, -0.2) is 0 Å². The Kier molecular flexibility index (Phi) is 13.8. The van der Waals surface area contributed by atoms with Crippen LogP contribution in [0.3, 0.4) is 0 Å². The zero-order valence-electron chi connectivity index (χ0n) is 13.9. The van der Waals surface area contributed by atoms with Gasteiger partial charge in [-0.15, -0.1) is 0 Å². The lowest BCUT2D eigenvalue weighted by molar-refractivity contribution is 0.719. The molecular formula is C18H34. The topological polar surface area (TPSA) is 0 Å². The summed E-state index contributed by atoms with van der Waals surface area (Å²) >= 11 is 0. The molecule has 1 rings (SSSR count). The number of hydrogen-bond acceptors (Lipinski definition) is 0. The summed E-state index contributed by atoms with van der Waals surface area (Å²) in [6, 6.07) is 9.15. The Hall–Kier alpha value is -0.780. The smallest absolute Gasteiger partial charge is 0.0193 e. The van der Waals surface area contributed by atoms with Crippen LogP contribution in [0.15, 0.2) is 24.3 Å². The van der Waals surface area contributed by atoms with E-state index in [-0.39, 0.29) is 0 Å². The Balaban J connectivity index is 0. The fraction of sp³-hybridized carbons (Fsp3) is 0.667. The van der Waals surface area contributed by atoms with E-state index in [0.717, 1.165) is 0 Å². The molecule has 0 spiro atoms. The molecule has 0 heterocycles. The molecule has 106 valence electrons. The molecule has 2 atom stereocenters.